The molecule has 1 saturated heterocycles. The summed E-state index contributed by atoms with van der Waals surface area (Å²) in [6.45, 7) is 5.76. The lowest BCUT2D eigenvalue weighted by Crippen LogP contribution is -2.48. The Balaban J connectivity index is 1.29. The average Bonchev–Trinajstić information content (AvgIpc) is 3.48. The number of fused-ring (bicyclic) bond motifs is 1. The van der Waals surface area contributed by atoms with Crippen molar-refractivity contribution < 1.29 is 19.5 Å². The molecule has 4 heterocycles. The van der Waals surface area contributed by atoms with Crippen LogP contribution in [-0.2, 0) is 16.0 Å². The lowest BCUT2D eigenvalue weighted by molar-refractivity contribution is -0.137. The summed E-state index contributed by atoms with van der Waals surface area (Å²) in [5, 5.41) is 9.50. The van der Waals surface area contributed by atoms with Crippen molar-refractivity contribution in [2.45, 2.75) is 71.3 Å². The van der Waals surface area contributed by atoms with E-state index < -0.39 is 5.97 Å². The number of hydrogen-bond donors (Lipinski definition) is 1. The zero-order valence-corrected chi connectivity index (χ0v) is 23.6. The minimum absolute atomic E-state index is 0.000760. The van der Waals surface area contributed by atoms with Gasteiger partial charge in [-0.15, -0.1) is 0 Å². The molecule has 216 valence electrons. The van der Waals surface area contributed by atoms with Crippen LogP contribution in [-0.4, -0.2) is 73.4 Å². The Morgan fingerprint density at radius 1 is 1.00 bits per heavy atom. The summed E-state index contributed by atoms with van der Waals surface area (Å²) in [6.07, 6.45) is 8.46. The first-order valence-electron chi connectivity index (χ1n) is 14.3. The van der Waals surface area contributed by atoms with Gasteiger partial charge < -0.3 is 14.9 Å². The molecule has 41 heavy (non-hydrogen) atoms. The number of rotatable bonds is 9. The van der Waals surface area contributed by atoms with Gasteiger partial charge in [0.2, 0.25) is 5.91 Å². The Hall–Kier alpha value is -4.15. The summed E-state index contributed by atoms with van der Waals surface area (Å²) in [5.41, 5.74) is 2.94. The first-order valence-corrected chi connectivity index (χ1v) is 14.3. The predicted molar refractivity (Wildman–Crippen MR) is 153 cm³/mol. The molecule has 2 fully saturated rings. The van der Waals surface area contributed by atoms with Crippen molar-refractivity contribution in [3.05, 3.63) is 57.5 Å². The summed E-state index contributed by atoms with van der Waals surface area (Å²) < 4.78 is 1.73. The Kier molecular flexibility index (Phi) is 8.41. The number of carbonyl (C=O) groups excluding carboxylic acids is 2. The molecule has 1 amide bonds. The van der Waals surface area contributed by atoms with Gasteiger partial charge in [-0.05, 0) is 50.8 Å². The van der Waals surface area contributed by atoms with Crippen molar-refractivity contribution in [2.75, 3.05) is 31.1 Å². The zero-order valence-electron chi connectivity index (χ0n) is 23.6. The summed E-state index contributed by atoms with van der Waals surface area (Å²) in [6, 6.07) is 3.98. The van der Waals surface area contributed by atoms with Gasteiger partial charge in [0, 0.05) is 62.3 Å². The van der Waals surface area contributed by atoms with Crippen LogP contribution >= 0.6 is 0 Å². The monoisotopic (exact) mass is 560 g/mol. The van der Waals surface area contributed by atoms with Crippen LogP contribution in [0.1, 0.15) is 85.4 Å². The number of piperazine rings is 1. The van der Waals surface area contributed by atoms with Crippen LogP contribution < -0.4 is 10.5 Å². The van der Waals surface area contributed by atoms with E-state index in [0.717, 1.165) is 42.5 Å². The maximum absolute atomic E-state index is 13.4. The fraction of sp³-hybridized carbons (Fsp3) is 0.500. The number of nitrogens with zero attached hydrogens (tertiary/aromatic N) is 6. The number of aryl methyl sites for hydroxylation is 1. The average molecular weight is 561 g/mol. The molecule has 3 aromatic rings. The van der Waals surface area contributed by atoms with Gasteiger partial charge >= 0.3 is 5.97 Å². The molecule has 0 atom stereocenters. The highest BCUT2D eigenvalue weighted by Gasteiger charge is 2.26. The van der Waals surface area contributed by atoms with Crippen molar-refractivity contribution >= 4 is 34.4 Å². The van der Waals surface area contributed by atoms with E-state index in [9.17, 15) is 19.2 Å². The third kappa shape index (κ3) is 6.13. The van der Waals surface area contributed by atoms with Crippen molar-refractivity contribution in [3.8, 4) is 0 Å². The largest absolute Gasteiger partial charge is 0.481 e. The third-order valence-corrected chi connectivity index (χ3v) is 8.23. The molecule has 0 spiro atoms. The van der Waals surface area contributed by atoms with Gasteiger partial charge in [0.15, 0.2) is 5.78 Å². The molecule has 5 rings (SSSR count). The van der Waals surface area contributed by atoms with Crippen molar-refractivity contribution in [2.24, 2.45) is 0 Å². The number of ketones is 1. The molecule has 0 bridgehead atoms. The fourth-order valence-electron chi connectivity index (χ4n) is 6.00. The van der Waals surface area contributed by atoms with Crippen molar-refractivity contribution in [3.63, 3.8) is 0 Å². The Labute approximate surface area is 238 Å². The number of hydrogen-bond acceptors (Lipinski definition) is 8. The van der Waals surface area contributed by atoms with E-state index in [1.165, 1.54) is 6.92 Å². The molecule has 0 aromatic carbocycles. The molecule has 0 radical (unpaired) electrons. The number of pyridine rings is 2. The first-order chi connectivity index (χ1) is 19.7. The number of aromatic nitrogens is 4. The molecule has 3 aromatic heterocycles. The smallest absolute Gasteiger partial charge is 0.303 e. The summed E-state index contributed by atoms with van der Waals surface area (Å²) in [5.74, 6) is -0.554. The number of carboxylic acids is 1. The number of Topliss-reactive ketones (excluding diaryl/α,β-unsaturated/α-hetero) is 1. The van der Waals surface area contributed by atoms with Crippen LogP contribution in [0, 0.1) is 6.92 Å². The molecule has 11 nitrogen and oxygen atoms in total. The number of aliphatic carboxylic acids is 1. The van der Waals surface area contributed by atoms with Gasteiger partial charge in [-0.3, -0.25) is 28.7 Å². The molecule has 1 saturated carbocycles. The second-order valence-electron chi connectivity index (χ2n) is 11.0. The highest BCUT2D eigenvalue weighted by molar-refractivity contribution is 5.99. The second kappa shape index (κ2) is 12.2. The predicted octanol–water partition coefficient (Wildman–Crippen LogP) is 3.31. The zero-order chi connectivity index (χ0) is 29.1. The lowest BCUT2D eigenvalue weighted by Gasteiger charge is -2.36. The van der Waals surface area contributed by atoms with Gasteiger partial charge in [0.25, 0.3) is 5.56 Å². The van der Waals surface area contributed by atoms with E-state index in [4.69, 9.17) is 10.1 Å². The maximum Gasteiger partial charge on any atom is 0.303 e. The van der Waals surface area contributed by atoms with E-state index in [0.29, 0.717) is 56.1 Å². The molecular formula is C30H36N6O5. The SMILES string of the molecule is CC(=O)c1c(C)c2cnc(Cc3ccc(N4CCN(C(=O)CCCC(=O)O)CC4)cn3)nc2n(C2CCCC2)c1=O. The van der Waals surface area contributed by atoms with Gasteiger partial charge in [-0.25, -0.2) is 9.97 Å². The van der Waals surface area contributed by atoms with Crippen LogP contribution in [0.15, 0.2) is 29.3 Å². The van der Waals surface area contributed by atoms with Crippen LogP contribution in [0.3, 0.4) is 0 Å². The Morgan fingerprint density at radius 2 is 1.73 bits per heavy atom. The highest BCUT2D eigenvalue weighted by Crippen LogP contribution is 2.31. The normalized spacial score (nSPS) is 16.0. The topological polar surface area (TPSA) is 139 Å². The second-order valence-corrected chi connectivity index (χ2v) is 11.0. The molecule has 1 N–H and O–H groups in total. The van der Waals surface area contributed by atoms with E-state index in [2.05, 4.69) is 14.9 Å². The quantitative estimate of drug-likeness (QED) is 0.391. The molecular weight excluding hydrogens is 524 g/mol. The summed E-state index contributed by atoms with van der Waals surface area (Å²) >= 11 is 0. The molecule has 1 aliphatic carbocycles. The Bertz CT molecular complexity index is 1520. The van der Waals surface area contributed by atoms with Crippen LogP contribution in [0.2, 0.25) is 0 Å². The summed E-state index contributed by atoms with van der Waals surface area (Å²) in [4.78, 5) is 66.8. The Morgan fingerprint density at radius 3 is 2.37 bits per heavy atom. The standard InChI is InChI=1S/C30H36N6O5/c1-19-24-18-32-25(33-29(24)36(22-6-3-4-7-22)30(41)28(19)20(2)37)16-21-10-11-23(17-31-21)34-12-14-35(15-13-34)26(38)8-5-9-27(39)40/h10-11,17-18,22H,3-9,12-16H2,1-2H3,(H,39,40). The number of carboxylic acid groups (broad SMARTS) is 1. The molecule has 1 aliphatic heterocycles. The van der Waals surface area contributed by atoms with Crippen LogP contribution in [0.25, 0.3) is 11.0 Å². The van der Waals surface area contributed by atoms with Gasteiger partial charge in [0.05, 0.1) is 23.9 Å². The third-order valence-electron chi connectivity index (χ3n) is 8.23. The summed E-state index contributed by atoms with van der Waals surface area (Å²) in [7, 11) is 0. The number of anilines is 1. The first kappa shape index (κ1) is 28.4. The molecule has 2 aliphatic rings. The van der Waals surface area contributed by atoms with E-state index >= 15 is 0 Å². The maximum atomic E-state index is 13.4. The number of amides is 1. The fourth-order valence-corrected chi connectivity index (χ4v) is 6.00. The van der Waals surface area contributed by atoms with Gasteiger partial charge in [-0.1, -0.05) is 12.8 Å². The van der Waals surface area contributed by atoms with Gasteiger partial charge in [0.1, 0.15) is 11.5 Å². The van der Waals surface area contributed by atoms with Crippen molar-refractivity contribution in [1.29, 1.82) is 0 Å². The highest BCUT2D eigenvalue weighted by atomic mass is 16.4. The van der Waals surface area contributed by atoms with E-state index in [1.54, 1.807) is 22.6 Å². The lowest BCUT2D eigenvalue weighted by atomic mass is 10.0. The number of carbonyl (C=O) groups is 3. The minimum atomic E-state index is -0.881. The molecule has 11 heteroatoms. The van der Waals surface area contributed by atoms with Crippen LogP contribution in [0.4, 0.5) is 5.69 Å². The van der Waals surface area contributed by atoms with Crippen molar-refractivity contribution in [1.82, 2.24) is 24.4 Å². The van der Waals surface area contributed by atoms with E-state index in [1.807, 2.05) is 18.3 Å². The van der Waals surface area contributed by atoms with E-state index in [-0.39, 0.29) is 41.7 Å². The molecule has 0 unspecified atom stereocenters. The van der Waals surface area contributed by atoms with Crippen LogP contribution in [0.5, 0.6) is 0 Å². The minimum Gasteiger partial charge on any atom is -0.481 e. The van der Waals surface area contributed by atoms with Gasteiger partial charge in [-0.2, -0.15) is 0 Å².